The van der Waals surface area contributed by atoms with E-state index in [0.29, 0.717) is 25.2 Å². The normalized spacial score (nSPS) is 13.2. The van der Waals surface area contributed by atoms with Gasteiger partial charge in [-0.2, -0.15) is 0 Å². The lowest BCUT2D eigenvalue weighted by molar-refractivity contribution is -0.151. The molecule has 0 aliphatic carbocycles. The Bertz CT molecular complexity index is 854. The Hall–Kier alpha value is -2.71. The summed E-state index contributed by atoms with van der Waals surface area (Å²) in [4.78, 5) is 26.6. The average Bonchev–Trinajstić information content (AvgIpc) is 2.86. The summed E-state index contributed by atoms with van der Waals surface area (Å²) in [5, 5.41) is 0. The lowest BCUT2D eigenvalue weighted by Crippen LogP contribution is -2.44. The highest BCUT2D eigenvalue weighted by atomic mass is 35.5. The Kier molecular flexibility index (Phi) is 14.5. The molecule has 0 aliphatic rings. The summed E-state index contributed by atoms with van der Waals surface area (Å²) in [5.41, 5.74) is 3.82. The minimum atomic E-state index is -0.677. The molecule has 1 amide bonds. The smallest absolute Gasteiger partial charge is 0.328 e. The highest BCUT2D eigenvalue weighted by Gasteiger charge is 2.27. The SMILES string of the molecule is C#CCCC/C(=C\Cl)CC[C@@H](C)/C=C\CCC(=O)N(C)[C@@H](Cc1ccc(OC)cc1)C(=O)OC. The van der Waals surface area contributed by atoms with E-state index >= 15 is 0 Å². The summed E-state index contributed by atoms with van der Waals surface area (Å²) in [6.07, 6.45) is 15.4. The fourth-order valence-electron chi connectivity index (χ4n) is 3.55. The van der Waals surface area contributed by atoms with Gasteiger partial charge in [0.2, 0.25) is 5.91 Å². The van der Waals surface area contributed by atoms with Crippen LogP contribution in [0.5, 0.6) is 5.75 Å². The average molecular weight is 488 g/mol. The molecule has 2 atom stereocenters. The summed E-state index contributed by atoms with van der Waals surface area (Å²) in [6.45, 7) is 2.15. The third kappa shape index (κ3) is 10.9. The van der Waals surface area contributed by atoms with Crippen LogP contribution in [-0.4, -0.2) is 44.1 Å². The molecular formula is C28H38ClNO4. The minimum absolute atomic E-state index is 0.0953. The van der Waals surface area contributed by atoms with Gasteiger partial charge in [-0.25, -0.2) is 4.79 Å². The first-order valence-electron chi connectivity index (χ1n) is 11.7. The summed E-state index contributed by atoms with van der Waals surface area (Å²) >= 11 is 5.93. The maximum absolute atomic E-state index is 12.7. The molecule has 186 valence electrons. The first-order valence-corrected chi connectivity index (χ1v) is 12.1. The number of halogens is 1. The second-order valence-electron chi connectivity index (χ2n) is 8.40. The van der Waals surface area contributed by atoms with Gasteiger partial charge in [0.15, 0.2) is 0 Å². The predicted molar refractivity (Wildman–Crippen MR) is 139 cm³/mol. The van der Waals surface area contributed by atoms with E-state index in [4.69, 9.17) is 27.5 Å². The number of terminal acetylenes is 1. The van der Waals surface area contributed by atoms with Crippen LogP contribution in [0.25, 0.3) is 0 Å². The van der Waals surface area contributed by atoms with Gasteiger partial charge in [-0.05, 0) is 55.7 Å². The number of carbonyl (C=O) groups is 2. The fourth-order valence-corrected chi connectivity index (χ4v) is 3.76. The molecule has 5 nitrogen and oxygen atoms in total. The molecule has 0 unspecified atom stereocenters. The predicted octanol–water partition coefficient (Wildman–Crippen LogP) is 5.92. The summed E-state index contributed by atoms with van der Waals surface area (Å²) in [7, 11) is 4.59. The first-order chi connectivity index (χ1) is 16.4. The van der Waals surface area contributed by atoms with Crippen molar-refractivity contribution in [2.24, 2.45) is 5.92 Å². The largest absolute Gasteiger partial charge is 0.497 e. The molecule has 34 heavy (non-hydrogen) atoms. The molecule has 0 heterocycles. The van der Waals surface area contributed by atoms with Crippen molar-refractivity contribution in [1.29, 1.82) is 0 Å². The molecular weight excluding hydrogens is 450 g/mol. The number of methoxy groups -OCH3 is 2. The molecule has 1 aromatic carbocycles. The van der Waals surface area contributed by atoms with Crippen molar-refractivity contribution in [3.63, 3.8) is 0 Å². The van der Waals surface area contributed by atoms with E-state index in [9.17, 15) is 9.59 Å². The Morgan fingerprint density at radius 3 is 2.47 bits per heavy atom. The number of allylic oxidation sites excluding steroid dienone is 3. The van der Waals surface area contributed by atoms with Crippen molar-refractivity contribution in [3.8, 4) is 18.1 Å². The van der Waals surface area contributed by atoms with Crippen LogP contribution in [-0.2, 0) is 20.7 Å². The molecule has 6 heteroatoms. The number of esters is 1. The maximum atomic E-state index is 12.7. The number of unbranched alkanes of at least 4 members (excludes halogenated alkanes) is 1. The summed E-state index contributed by atoms with van der Waals surface area (Å²) < 4.78 is 10.1. The number of hydrogen-bond acceptors (Lipinski definition) is 4. The molecule has 0 N–H and O–H groups in total. The Balaban J connectivity index is 2.54. The monoisotopic (exact) mass is 487 g/mol. The van der Waals surface area contributed by atoms with Gasteiger partial charge < -0.3 is 14.4 Å². The third-order valence-corrected chi connectivity index (χ3v) is 6.11. The number of rotatable bonds is 15. The van der Waals surface area contributed by atoms with E-state index in [0.717, 1.165) is 43.4 Å². The van der Waals surface area contributed by atoms with Gasteiger partial charge in [-0.1, -0.05) is 48.4 Å². The molecule has 1 rings (SSSR count). The lowest BCUT2D eigenvalue weighted by Gasteiger charge is -2.26. The van der Waals surface area contributed by atoms with E-state index in [-0.39, 0.29) is 5.91 Å². The number of benzene rings is 1. The zero-order valence-corrected chi connectivity index (χ0v) is 21.6. The molecule has 0 bridgehead atoms. The second kappa shape index (κ2) is 16.8. The number of amides is 1. The van der Waals surface area contributed by atoms with E-state index in [2.05, 4.69) is 18.9 Å². The molecule has 1 aromatic rings. The molecule has 0 saturated carbocycles. The van der Waals surface area contributed by atoms with Crippen LogP contribution in [0.15, 0.2) is 47.5 Å². The zero-order valence-electron chi connectivity index (χ0n) is 20.9. The van der Waals surface area contributed by atoms with Crippen LogP contribution in [0.4, 0.5) is 0 Å². The van der Waals surface area contributed by atoms with Crippen molar-refractivity contribution in [2.45, 2.75) is 64.3 Å². The van der Waals surface area contributed by atoms with Gasteiger partial charge in [0.05, 0.1) is 14.2 Å². The second-order valence-corrected chi connectivity index (χ2v) is 8.62. The first kappa shape index (κ1) is 29.3. The number of likely N-dealkylation sites (N-methyl/N-ethyl adjacent to an activating group) is 1. The van der Waals surface area contributed by atoms with Crippen LogP contribution in [0.1, 0.15) is 57.4 Å². The van der Waals surface area contributed by atoms with Gasteiger partial charge in [0, 0.05) is 31.8 Å². The van der Waals surface area contributed by atoms with Crippen LogP contribution in [0.3, 0.4) is 0 Å². The minimum Gasteiger partial charge on any atom is -0.497 e. The maximum Gasteiger partial charge on any atom is 0.328 e. The van der Waals surface area contributed by atoms with E-state index in [1.807, 2.05) is 30.3 Å². The quantitative estimate of drug-likeness (QED) is 0.133. The van der Waals surface area contributed by atoms with Crippen molar-refractivity contribution in [2.75, 3.05) is 21.3 Å². The van der Waals surface area contributed by atoms with Crippen molar-refractivity contribution in [3.05, 3.63) is 53.1 Å². The molecule has 0 aromatic heterocycles. The zero-order chi connectivity index (χ0) is 25.3. The standard InChI is InChI=1S/C28H38ClNO4/c1-6-7-8-12-24(21-29)15-14-22(2)11-9-10-13-27(31)30(3)26(28(32)34-5)20-23-16-18-25(33-4)19-17-23/h1,9,11,16-19,21-22,26H,7-8,10,12-15,20H2,2-5H3/b11-9-,24-21+/t22-,26-/m0/s1. The van der Waals surface area contributed by atoms with Gasteiger partial charge in [-0.3, -0.25) is 4.79 Å². The molecule has 0 aliphatic heterocycles. The summed E-state index contributed by atoms with van der Waals surface area (Å²) in [5.74, 6) is 3.25. The van der Waals surface area contributed by atoms with Crippen molar-refractivity contribution in [1.82, 2.24) is 4.90 Å². The van der Waals surface area contributed by atoms with Gasteiger partial charge in [0.25, 0.3) is 0 Å². The number of ether oxygens (including phenoxy) is 2. The lowest BCUT2D eigenvalue weighted by atomic mass is 9.98. The van der Waals surface area contributed by atoms with Crippen LogP contribution >= 0.6 is 11.6 Å². The van der Waals surface area contributed by atoms with E-state index in [1.54, 1.807) is 19.7 Å². The number of hydrogen-bond donors (Lipinski definition) is 0. The van der Waals surface area contributed by atoms with Gasteiger partial charge in [0.1, 0.15) is 11.8 Å². The Labute approximate surface area is 210 Å². The molecule has 0 radical (unpaired) electrons. The Morgan fingerprint density at radius 1 is 1.18 bits per heavy atom. The highest BCUT2D eigenvalue weighted by molar-refractivity contribution is 6.25. The summed E-state index contributed by atoms with van der Waals surface area (Å²) in [6, 6.07) is 6.76. The highest BCUT2D eigenvalue weighted by Crippen LogP contribution is 2.20. The number of nitrogens with zero attached hydrogens (tertiary/aromatic N) is 1. The van der Waals surface area contributed by atoms with E-state index < -0.39 is 12.0 Å². The molecule has 0 spiro atoms. The van der Waals surface area contributed by atoms with E-state index in [1.165, 1.54) is 17.6 Å². The molecule has 0 fully saturated rings. The van der Waals surface area contributed by atoms with Gasteiger partial charge >= 0.3 is 5.97 Å². The number of carbonyl (C=O) groups excluding carboxylic acids is 2. The van der Waals surface area contributed by atoms with Crippen LogP contribution in [0.2, 0.25) is 0 Å². The van der Waals surface area contributed by atoms with Crippen molar-refractivity contribution >= 4 is 23.5 Å². The van der Waals surface area contributed by atoms with Gasteiger partial charge in [-0.15, -0.1) is 12.3 Å². The topological polar surface area (TPSA) is 55.8 Å². The van der Waals surface area contributed by atoms with Crippen molar-refractivity contribution < 1.29 is 19.1 Å². The Morgan fingerprint density at radius 2 is 1.88 bits per heavy atom. The van der Waals surface area contributed by atoms with Crippen LogP contribution < -0.4 is 4.74 Å². The fraction of sp³-hybridized carbons (Fsp3) is 0.500. The third-order valence-electron chi connectivity index (χ3n) is 5.81. The molecule has 0 saturated heterocycles. The van der Waals surface area contributed by atoms with Crippen LogP contribution in [0, 0.1) is 18.3 Å².